The summed E-state index contributed by atoms with van der Waals surface area (Å²) in [6.07, 6.45) is 0. The van der Waals surface area contributed by atoms with E-state index in [2.05, 4.69) is 31.9 Å². The van der Waals surface area contributed by atoms with Gasteiger partial charge in [-0.2, -0.15) is 0 Å². The Labute approximate surface area is 145 Å². The summed E-state index contributed by atoms with van der Waals surface area (Å²) in [5.41, 5.74) is 1.55. The molecule has 0 saturated heterocycles. The van der Waals surface area contributed by atoms with Gasteiger partial charge in [-0.05, 0) is 42.8 Å². The molecule has 0 aromatic heterocycles. The van der Waals surface area contributed by atoms with Gasteiger partial charge in [0.1, 0.15) is 12.4 Å². The normalized spacial score (nSPS) is 12.0. The van der Waals surface area contributed by atoms with Crippen LogP contribution in [0.3, 0.4) is 0 Å². The monoisotopic (exact) mass is 430 g/mol. The van der Waals surface area contributed by atoms with Gasteiger partial charge in [0.15, 0.2) is 5.78 Å². The Hall–Kier alpha value is -0.840. The molecule has 5 heteroatoms. The van der Waals surface area contributed by atoms with Crippen molar-refractivity contribution in [3.63, 3.8) is 0 Å². The van der Waals surface area contributed by atoms with E-state index in [4.69, 9.17) is 16.3 Å². The molecule has 0 aliphatic rings. The van der Waals surface area contributed by atoms with E-state index in [-0.39, 0.29) is 10.6 Å². The second kappa shape index (κ2) is 7.43. The number of benzene rings is 2. The van der Waals surface area contributed by atoms with Gasteiger partial charge in [-0.25, -0.2) is 0 Å². The van der Waals surface area contributed by atoms with Gasteiger partial charge in [-0.3, -0.25) is 4.79 Å². The quantitative estimate of drug-likeness (QED) is 0.451. The highest BCUT2D eigenvalue weighted by Gasteiger charge is 2.17. The second-order valence-corrected chi connectivity index (χ2v) is 7.26. The van der Waals surface area contributed by atoms with Crippen molar-refractivity contribution in [1.82, 2.24) is 0 Å². The van der Waals surface area contributed by atoms with Crippen LogP contribution >= 0.6 is 43.5 Å². The summed E-state index contributed by atoms with van der Waals surface area (Å²) < 4.78 is 6.63. The smallest absolute Gasteiger partial charge is 0.179 e. The van der Waals surface area contributed by atoms with E-state index in [0.29, 0.717) is 22.9 Å². The number of halogens is 3. The number of ether oxygens (including phenoxy) is 1. The zero-order chi connectivity index (χ0) is 15.4. The number of alkyl halides is 1. The Balaban J connectivity index is 2.19. The van der Waals surface area contributed by atoms with Gasteiger partial charge >= 0.3 is 0 Å². The minimum atomic E-state index is -0.260. The van der Waals surface area contributed by atoms with E-state index < -0.39 is 0 Å². The lowest BCUT2D eigenvalue weighted by Crippen LogP contribution is -2.12. The molecule has 1 unspecified atom stereocenters. The molecule has 0 radical (unpaired) electrons. The summed E-state index contributed by atoms with van der Waals surface area (Å²) in [7, 11) is 0. The molecule has 0 heterocycles. The van der Waals surface area contributed by atoms with Gasteiger partial charge in [0.2, 0.25) is 0 Å². The zero-order valence-corrected chi connectivity index (χ0v) is 15.2. The standard InChI is InChI=1S/C16H13Br2ClO2/c1-10(17)16(20)14-8-12(18)4-7-15(14)21-9-11-2-5-13(19)6-3-11/h2-8,10H,9H2,1H3. The first-order valence-electron chi connectivity index (χ1n) is 6.32. The molecule has 2 aromatic rings. The molecule has 1 atom stereocenters. The Morgan fingerprint density at radius 3 is 2.52 bits per heavy atom. The fourth-order valence-corrected chi connectivity index (χ4v) is 2.51. The molecular weight excluding hydrogens is 419 g/mol. The summed E-state index contributed by atoms with van der Waals surface area (Å²) in [5.74, 6) is 0.562. The molecule has 0 saturated carbocycles. The molecule has 0 fully saturated rings. The highest BCUT2D eigenvalue weighted by molar-refractivity contribution is 9.10. The topological polar surface area (TPSA) is 26.3 Å². The van der Waals surface area contributed by atoms with E-state index in [0.717, 1.165) is 10.0 Å². The molecule has 0 bridgehead atoms. The average molecular weight is 433 g/mol. The number of Topliss-reactive ketones (excluding diaryl/α,β-unsaturated/α-hetero) is 1. The van der Waals surface area contributed by atoms with Crippen LogP contribution < -0.4 is 4.74 Å². The maximum atomic E-state index is 12.2. The third-order valence-corrected chi connectivity index (χ3v) is 4.04. The lowest BCUT2D eigenvalue weighted by Gasteiger charge is -2.12. The Morgan fingerprint density at radius 2 is 1.90 bits per heavy atom. The van der Waals surface area contributed by atoms with E-state index in [9.17, 15) is 4.79 Å². The van der Waals surface area contributed by atoms with Crippen molar-refractivity contribution < 1.29 is 9.53 Å². The van der Waals surface area contributed by atoms with E-state index in [1.807, 2.05) is 30.3 Å². The van der Waals surface area contributed by atoms with Crippen molar-refractivity contribution in [2.75, 3.05) is 0 Å². The molecule has 2 rings (SSSR count). The first kappa shape index (κ1) is 16.5. The Bertz CT molecular complexity index is 639. The fourth-order valence-electron chi connectivity index (χ4n) is 1.78. The highest BCUT2D eigenvalue weighted by atomic mass is 79.9. The van der Waals surface area contributed by atoms with Crippen molar-refractivity contribution in [3.8, 4) is 5.75 Å². The van der Waals surface area contributed by atoms with Crippen molar-refractivity contribution in [2.45, 2.75) is 18.4 Å². The van der Waals surface area contributed by atoms with Crippen molar-refractivity contribution in [2.24, 2.45) is 0 Å². The van der Waals surface area contributed by atoms with Crippen LogP contribution in [0.1, 0.15) is 22.8 Å². The van der Waals surface area contributed by atoms with Crippen molar-refractivity contribution in [3.05, 3.63) is 63.1 Å². The summed E-state index contributed by atoms with van der Waals surface area (Å²) in [5, 5.41) is 0.686. The zero-order valence-electron chi connectivity index (χ0n) is 11.3. The van der Waals surface area contributed by atoms with Crippen molar-refractivity contribution in [1.29, 1.82) is 0 Å². The summed E-state index contributed by atoms with van der Waals surface area (Å²) in [6.45, 7) is 2.18. The second-order valence-electron chi connectivity index (χ2n) is 4.54. The number of hydrogen-bond donors (Lipinski definition) is 0. The maximum Gasteiger partial charge on any atom is 0.179 e. The van der Waals surface area contributed by atoms with Crippen LogP contribution in [0.5, 0.6) is 5.75 Å². The number of hydrogen-bond acceptors (Lipinski definition) is 2. The summed E-state index contributed by atoms with van der Waals surface area (Å²) >= 11 is 12.5. The predicted octanol–water partition coefficient (Wildman–Crippen LogP) is 5.65. The van der Waals surface area contributed by atoms with Gasteiger partial charge in [0.25, 0.3) is 0 Å². The van der Waals surface area contributed by atoms with Gasteiger partial charge in [-0.15, -0.1) is 0 Å². The fraction of sp³-hybridized carbons (Fsp3) is 0.188. The lowest BCUT2D eigenvalue weighted by molar-refractivity contribution is 0.0991. The van der Waals surface area contributed by atoms with Crippen LogP contribution in [-0.4, -0.2) is 10.6 Å². The molecule has 110 valence electrons. The lowest BCUT2D eigenvalue weighted by atomic mass is 10.1. The molecular formula is C16H13Br2ClO2. The summed E-state index contributed by atoms with van der Waals surface area (Å²) in [4.78, 5) is 11.9. The van der Waals surface area contributed by atoms with Crippen LogP contribution in [0.15, 0.2) is 46.9 Å². The largest absolute Gasteiger partial charge is 0.488 e. The molecule has 0 amide bonds. The number of ketones is 1. The van der Waals surface area contributed by atoms with Gasteiger partial charge in [0.05, 0.1) is 10.4 Å². The molecule has 0 spiro atoms. The number of carbonyl (C=O) groups is 1. The van der Waals surface area contributed by atoms with Gasteiger partial charge in [0, 0.05) is 9.50 Å². The molecule has 21 heavy (non-hydrogen) atoms. The minimum Gasteiger partial charge on any atom is -0.488 e. The van der Waals surface area contributed by atoms with E-state index in [1.54, 1.807) is 19.1 Å². The molecule has 0 aliphatic heterocycles. The first-order chi connectivity index (χ1) is 9.97. The molecule has 0 N–H and O–H groups in total. The Morgan fingerprint density at radius 1 is 1.24 bits per heavy atom. The summed E-state index contributed by atoms with van der Waals surface area (Å²) in [6, 6.07) is 12.8. The van der Waals surface area contributed by atoms with Gasteiger partial charge < -0.3 is 4.74 Å². The Kier molecular flexibility index (Phi) is 5.85. The van der Waals surface area contributed by atoms with Crippen LogP contribution in [-0.2, 0) is 6.61 Å². The average Bonchev–Trinajstić information content (AvgIpc) is 2.46. The maximum absolute atomic E-state index is 12.2. The van der Waals surface area contributed by atoms with E-state index in [1.165, 1.54) is 0 Å². The third-order valence-electron chi connectivity index (χ3n) is 2.88. The minimum absolute atomic E-state index is 0.0117. The van der Waals surface area contributed by atoms with E-state index >= 15 is 0 Å². The van der Waals surface area contributed by atoms with Crippen LogP contribution in [0.25, 0.3) is 0 Å². The third kappa shape index (κ3) is 4.56. The predicted molar refractivity (Wildman–Crippen MR) is 92.6 cm³/mol. The number of rotatable bonds is 5. The molecule has 2 aromatic carbocycles. The van der Waals surface area contributed by atoms with Crippen LogP contribution in [0, 0.1) is 0 Å². The van der Waals surface area contributed by atoms with Crippen LogP contribution in [0.2, 0.25) is 5.02 Å². The molecule has 2 nitrogen and oxygen atoms in total. The first-order valence-corrected chi connectivity index (χ1v) is 8.41. The van der Waals surface area contributed by atoms with Crippen LogP contribution in [0.4, 0.5) is 0 Å². The highest BCUT2D eigenvalue weighted by Crippen LogP contribution is 2.27. The number of carbonyl (C=O) groups excluding carboxylic acids is 1. The SMILES string of the molecule is CC(Br)C(=O)c1cc(Br)ccc1OCc1ccc(Cl)cc1. The molecule has 0 aliphatic carbocycles. The van der Waals surface area contributed by atoms with Gasteiger partial charge in [-0.1, -0.05) is 55.6 Å². The van der Waals surface area contributed by atoms with Crippen molar-refractivity contribution >= 4 is 49.2 Å².